The van der Waals surface area contributed by atoms with Crippen LogP contribution in [0.25, 0.3) is 5.69 Å². The molecule has 8 nitrogen and oxygen atoms in total. The van der Waals surface area contributed by atoms with Crippen molar-refractivity contribution in [3.05, 3.63) is 59.2 Å². The van der Waals surface area contributed by atoms with Gasteiger partial charge in [-0.15, -0.1) is 5.10 Å². The van der Waals surface area contributed by atoms with E-state index >= 15 is 0 Å². The van der Waals surface area contributed by atoms with E-state index in [0.717, 1.165) is 45.6 Å². The van der Waals surface area contributed by atoms with E-state index in [4.69, 9.17) is 0 Å². The molecule has 0 radical (unpaired) electrons. The standard InChI is InChI=1S/C22H23F3N6O2S/c1-13-9-10-14(2)18(11-13)31-21(27-28-29-31)34-15(3)20(33)30(4)12-19(32)26-17-8-6-5-7-16(17)22(23,24)25/h5-11,15H,12H2,1-4H3,(H,26,32)/t15-/m0/s1. The van der Waals surface area contributed by atoms with Crippen molar-refractivity contribution in [3.8, 4) is 5.69 Å². The lowest BCUT2D eigenvalue weighted by atomic mass is 10.1. The average molecular weight is 493 g/mol. The number of rotatable bonds is 7. The molecule has 0 fully saturated rings. The Labute approximate surface area is 198 Å². The zero-order chi connectivity index (χ0) is 25.0. The predicted molar refractivity (Wildman–Crippen MR) is 122 cm³/mol. The molecule has 3 rings (SSSR count). The Bertz CT molecular complexity index is 1200. The molecule has 2 amide bonds. The molecular formula is C22H23F3N6O2S. The summed E-state index contributed by atoms with van der Waals surface area (Å²) in [6.07, 6.45) is -4.61. The van der Waals surface area contributed by atoms with Gasteiger partial charge in [0.05, 0.1) is 28.7 Å². The number of alkyl halides is 3. The minimum Gasteiger partial charge on any atom is -0.335 e. The van der Waals surface area contributed by atoms with E-state index in [-0.39, 0.29) is 5.69 Å². The number of amides is 2. The second-order valence-corrected chi connectivity index (χ2v) is 9.02. The van der Waals surface area contributed by atoms with Crippen LogP contribution < -0.4 is 5.32 Å². The highest BCUT2D eigenvalue weighted by atomic mass is 32.2. The number of aromatic nitrogens is 4. The summed E-state index contributed by atoms with van der Waals surface area (Å²) in [7, 11) is 1.41. The highest BCUT2D eigenvalue weighted by Crippen LogP contribution is 2.34. The van der Waals surface area contributed by atoms with Crippen molar-refractivity contribution in [1.82, 2.24) is 25.1 Å². The predicted octanol–water partition coefficient (Wildman–Crippen LogP) is 3.88. The number of hydrogen-bond acceptors (Lipinski definition) is 6. The molecule has 3 aromatic rings. The Hall–Kier alpha value is -3.41. The van der Waals surface area contributed by atoms with Gasteiger partial charge in [0.1, 0.15) is 0 Å². The maximum Gasteiger partial charge on any atom is 0.418 e. The van der Waals surface area contributed by atoms with Gasteiger partial charge in [0.25, 0.3) is 0 Å². The van der Waals surface area contributed by atoms with Crippen molar-refractivity contribution in [2.24, 2.45) is 0 Å². The van der Waals surface area contributed by atoms with Crippen molar-refractivity contribution in [1.29, 1.82) is 0 Å². The maximum atomic E-state index is 13.1. The smallest absolute Gasteiger partial charge is 0.335 e. The van der Waals surface area contributed by atoms with Gasteiger partial charge in [-0.05, 0) is 60.5 Å². The Kier molecular flexibility index (Phi) is 7.60. The number of nitrogens with zero attached hydrogens (tertiary/aromatic N) is 5. The summed E-state index contributed by atoms with van der Waals surface area (Å²) >= 11 is 1.11. The van der Waals surface area contributed by atoms with Crippen LogP contribution in [0.1, 0.15) is 23.6 Å². The minimum absolute atomic E-state index is 0.365. The van der Waals surface area contributed by atoms with Crippen LogP contribution in [-0.4, -0.2) is 55.8 Å². The average Bonchev–Trinajstić information content (AvgIpc) is 3.22. The number of carbonyl (C=O) groups excluding carboxylic acids is 2. The van der Waals surface area contributed by atoms with Gasteiger partial charge >= 0.3 is 6.18 Å². The van der Waals surface area contributed by atoms with Crippen molar-refractivity contribution >= 4 is 29.3 Å². The molecule has 0 spiro atoms. The summed E-state index contributed by atoms with van der Waals surface area (Å²) in [4.78, 5) is 26.3. The van der Waals surface area contributed by atoms with Crippen LogP contribution in [0, 0.1) is 13.8 Å². The van der Waals surface area contributed by atoms with Gasteiger partial charge in [0.15, 0.2) is 0 Å². The first-order chi connectivity index (χ1) is 16.0. The number of halogens is 3. The molecule has 0 aliphatic heterocycles. The van der Waals surface area contributed by atoms with Gasteiger partial charge < -0.3 is 10.2 Å². The molecule has 34 heavy (non-hydrogen) atoms. The SMILES string of the molecule is Cc1ccc(C)c(-n2nnnc2S[C@@H](C)C(=O)N(C)CC(=O)Nc2ccccc2C(F)(F)F)c1. The molecule has 1 heterocycles. The van der Waals surface area contributed by atoms with Crippen LogP contribution in [0.2, 0.25) is 0 Å². The van der Waals surface area contributed by atoms with Gasteiger partial charge in [-0.1, -0.05) is 36.0 Å². The van der Waals surface area contributed by atoms with Crippen LogP contribution in [0.15, 0.2) is 47.6 Å². The maximum absolute atomic E-state index is 13.1. The Morgan fingerprint density at radius 3 is 2.59 bits per heavy atom. The second kappa shape index (κ2) is 10.2. The summed E-state index contributed by atoms with van der Waals surface area (Å²) in [6, 6.07) is 10.5. The number of thioether (sulfide) groups is 1. The normalized spacial score (nSPS) is 12.3. The third kappa shape index (κ3) is 5.93. The van der Waals surface area contributed by atoms with E-state index < -0.39 is 35.3 Å². The fourth-order valence-corrected chi connectivity index (χ4v) is 4.11. The van der Waals surface area contributed by atoms with Gasteiger partial charge in [0.2, 0.25) is 17.0 Å². The molecule has 0 aliphatic carbocycles. The fourth-order valence-electron chi connectivity index (χ4n) is 3.19. The van der Waals surface area contributed by atoms with Crippen LogP contribution in [0.5, 0.6) is 0 Å². The number of carbonyl (C=O) groups is 2. The van der Waals surface area contributed by atoms with Gasteiger partial charge in [0, 0.05) is 7.05 Å². The second-order valence-electron chi connectivity index (χ2n) is 7.71. The number of likely N-dealkylation sites (N-methyl/N-ethyl adjacent to an activating group) is 1. The summed E-state index contributed by atoms with van der Waals surface area (Å²) in [5.41, 5.74) is 1.43. The van der Waals surface area contributed by atoms with E-state index in [9.17, 15) is 22.8 Å². The zero-order valence-electron chi connectivity index (χ0n) is 18.9. The third-order valence-corrected chi connectivity index (χ3v) is 5.95. The summed E-state index contributed by atoms with van der Waals surface area (Å²) in [5.74, 6) is -1.15. The fraction of sp³-hybridized carbons (Fsp3) is 0.318. The van der Waals surface area contributed by atoms with Crippen LogP contribution in [0.3, 0.4) is 0 Å². The Morgan fingerprint density at radius 1 is 1.18 bits per heavy atom. The van der Waals surface area contributed by atoms with Crippen molar-refractivity contribution < 1.29 is 22.8 Å². The molecule has 180 valence electrons. The van der Waals surface area contributed by atoms with E-state index in [1.807, 2.05) is 32.0 Å². The molecule has 0 saturated carbocycles. The largest absolute Gasteiger partial charge is 0.418 e. The van der Waals surface area contributed by atoms with Crippen molar-refractivity contribution in [3.63, 3.8) is 0 Å². The third-order valence-electron chi connectivity index (χ3n) is 4.93. The molecule has 2 aromatic carbocycles. The topological polar surface area (TPSA) is 93.0 Å². The van der Waals surface area contributed by atoms with Crippen LogP contribution in [0.4, 0.5) is 18.9 Å². The summed E-state index contributed by atoms with van der Waals surface area (Å²) in [6.45, 7) is 5.09. The number of anilines is 1. The lowest BCUT2D eigenvalue weighted by Crippen LogP contribution is -2.39. The number of tetrazole rings is 1. The Balaban J connectivity index is 1.66. The van der Waals surface area contributed by atoms with E-state index in [0.29, 0.717) is 5.16 Å². The zero-order valence-corrected chi connectivity index (χ0v) is 19.7. The molecule has 0 aliphatic rings. The highest BCUT2D eigenvalue weighted by molar-refractivity contribution is 8.00. The van der Waals surface area contributed by atoms with E-state index in [2.05, 4.69) is 20.8 Å². The molecule has 1 N–H and O–H groups in total. The van der Waals surface area contributed by atoms with Crippen LogP contribution >= 0.6 is 11.8 Å². The molecule has 0 bridgehead atoms. The Morgan fingerprint density at radius 2 is 1.88 bits per heavy atom. The van der Waals surface area contributed by atoms with Gasteiger partial charge in [-0.25, -0.2) is 0 Å². The molecule has 1 aromatic heterocycles. The first-order valence-corrected chi connectivity index (χ1v) is 11.1. The molecule has 12 heteroatoms. The van der Waals surface area contributed by atoms with Gasteiger partial charge in [-0.2, -0.15) is 17.9 Å². The first-order valence-electron chi connectivity index (χ1n) is 10.2. The van der Waals surface area contributed by atoms with Crippen molar-refractivity contribution in [2.45, 2.75) is 37.4 Å². The lowest BCUT2D eigenvalue weighted by Gasteiger charge is -2.21. The monoisotopic (exact) mass is 492 g/mol. The minimum atomic E-state index is -4.61. The lowest BCUT2D eigenvalue weighted by molar-refractivity contribution is -0.137. The number of benzene rings is 2. The number of aryl methyl sites for hydroxylation is 2. The number of para-hydroxylation sites is 1. The number of nitrogens with one attached hydrogen (secondary N) is 1. The first kappa shape index (κ1) is 25.2. The number of hydrogen-bond donors (Lipinski definition) is 1. The van der Waals surface area contributed by atoms with E-state index in [1.165, 1.54) is 23.9 Å². The van der Waals surface area contributed by atoms with E-state index in [1.54, 1.807) is 6.92 Å². The molecule has 0 unspecified atom stereocenters. The summed E-state index contributed by atoms with van der Waals surface area (Å²) in [5, 5.41) is 13.7. The van der Waals surface area contributed by atoms with Crippen LogP contribution in [-0.2, 0) is 15.8 Å². The molecular weight excluding hydrogens is 469 g/mol. The van der Waals surface area contributed by atoms with Gasteiger partial charge in [-0.3, -0.25) is 9.59 Å². The molecule has 0 saturated heterocycles. The summed E-state index contributed by atoms with van der Waals surface area (Å²) < 4.78 is 41.0. The highest BCUT2D eigenvalue weighted by Gasteiger charge is 2.33. The van der Waals surface area contributed by atoms with Crippen molar-refractivity contribution in [2.75, 3.05) is 18.9 Å². The quantitative estimate of drug-likeness (QED) is 0.504. The molecule has 1 atom stereocenters.